The molecule has 6 rings (SSSR count). The van der Waals surface area contributed by atoms with Gasteiger partial charge in [0, 0.05) is 12.3 Å². The number of carbonyl (C=O) groups excluding carboxylic acids is 3. The predicted octanol–water partition coefficient (Wildman–Crippen LogP) is 3.58. The van der Waals surface area contributed by atoms with Crippen molar-refractivity contribution in [3.05, 3.63) is 136 Å². The molecule has 5 aromatic rings. The molecule has 3 aromatic carbocycles. The molecular weight excluding hydrogens is 604 g/mol. The van der Waals surface area contributed by atoms with Crippen molar-refractivity contribution in [2.45, 2.75) is 30.6 Å². The molecule has 0 radical (unpaired) electrons. The predicted molar refractivity (Wildman–Crippen MR) is 168 cm³/mol. The number of fused-ring (bicyclic) bond motifs is 1. The van der Waals surface area contributed by atoms with Crippen LogP contribution in [-0.2, 0) is 18.9 Å². The average molecular weight is 631 g/mol. The van der Waals surface area contributed by atoms with Crippen LogP contribution in [0.15, 0.2) is 114 Å². The normalized spacial score (nSPS) is 19.3. The van der Waals surface area contributed by atoms with Gasteiger partial charge in [0.1, 0.15) is 23.6 Å². The summed E-state index contributed by atoms with van der Waals surface area (Å²) in [5, 5.41) is -0.0166. The van der Waals surface area contributed by atoms with E-state index in [0.29, 0.717) is 0 Å². The standard InChI is InChI=1S/C35H26N4O8/c1-2-25(44-33(41)21-12-6-3-7-13-21)27-28(46-34(42)22-14-8-4-9-15-22)29(47-35(43)23-16-10-5-11-17-23)32(45-27)39-19-18-24(40)26-30(36)37-20-38-31(26)39/h1,3-20,25,27-29,32H,(H2,36,37,38)/t25-,27-,28-,29-,32-/m0/s1. The Balaban J connectivity index is 1.47. The maximum atomic E-state index is 13.5. The van der Waals surface area contributed by atoms with E-state index in [0.717, 1.165) is 6.33 Å². The maximum absolute atomic E-state index is 13.5. The Kier molecular flexibility index (Phi) is 8.72. The van der Waals surface area contributed by atoms with Crippen LogP contribution in [0.25, 0.3) is 11.0 Å². The van der Waals surface area contributed by atoms with Gasteiger partial charge in [-0.3, -0.25) is 4.79 Å². The molecule has 47 heavy (non-hydrogen) atoms. The number of aromatic nitrogens is 3. The number of nitrogens with zero attached hydrogens (tertiary/aromatic N) is 3. The van der Waals surface area contributed by atoms with E-state index in [1.807, 2.05) is 0 Å². The highest BCUT2D eigenvalue weighted by molar-refractivity contribution is 5.91. The number of nitrogen functional groups attached to an aromatic ring is 1. The highest BCUT2D eigenvalue weighted by Crippen LogP contribution is 2.38. The number of benzene rings is 3. The molecule has 3 heterocycles. The van der Waals surface area contributed by atoms with E-state index in [1.54, 1.807) is 91.0 Å². The van der Waals surface area contributed by atoms with Crippen LogP contribution in [0.5, 0.6) is 0 Å². The molecule has 1 aliphatic heterocycles. The SMILES string of the molecule is C#C[C@H](OC(=O)c1ccccc1)[C@@H]1O[C@H](n2ccc(=O)c3c(N)ncnc32)[C@@H](OC(=O)c2ccccc2)[C@H]1OC(=O)c1ccccc1. The van der Waals surface area contributed by atoms with Gasteiger partial charge in [0.25, 0.3) is 0 Å². The Morgan fingerprint density at radius 2 is 1.32 bits per heavy atom. The number of ether oxygens (including phenoxy) is 4. The zero-order chi connectivity index (χ0) is 32.9. The first-order chi connectivity index (χ1) is 22.9. The monoisotopic (exact) mass is 630 g/mol. The summed E-state index contributed by atoms with van der Waals surface area (Å²) in [5.41, 5.74) is 6.22. The number of rotatable bonds is 8. The highest BCUT2D eigenvalue weighted by Gasteiger charge is 2.54. The lowest BCUT2D eigenvalue weighted by Gasteiger charge is -2.26. The summed E-state index contributed by atoms with van der Waals surface area (Å²) in [6.45, 7) is 0. The number of nitrogens with two attached hydrogens (primary N) is 1. The minimum atomic E-state index is -1.44. The van der Waals surface area contributed by atoms with Gasteiger partial charge < -0.3 is 29.2 Å². The summed E-state index contributed by atoms with van der Waals surface area (Å²) in [5.74, 6) is 0.00269. The zero-order valence-corrected chi connectivity index (χ0v) is 24.5. The van der Waals surface area contributed by atoms with E-state index in [4.69, 9.17) is 31.1 Å². The van der Waals surface area contributed by atoms with Gasteiger partial charge in [-0.25, -0.2) is 24.4 Å². The van der Waals surface area contributed by atoms with Crippen LogP contribution in [0.1, 0.15) is 37.3 Å². The zero-order valence-electron chi connectivity index (χ0n) is 24.5. The number of carbonyl (C=O) groups is 3. The smallest absolute Gasteiger partial charge is 0.339 e. The topological polar surface area (TPSA) is 162 Å². The summed E-state index contributed by atoms with van der Waals surface area (Å²) in [4.78, 5) is 61.1. The van der Waals surface area contributed by atoms with Crippen LogP contribution in [-0.4, -0.2) is 56.9 Å². The molecule has 0 saturated carbocycles. The van der Waals surface area contributed by atoms with Crippen molar-refractivity contribution in [3.63, 3.8) is 0 Å². The Morgan fingerprint density at radius 1 is 0.787 bits per heavy atom. The average Bonchev–Trinajstić information content (AvgIpc) is 3.44. The minimum Gasteiger partial charge on any atom is -0.452 e. The Bertz CT molecular complexity index is 2030. The third-order valence-corrected chi connectivity index (χ3v) is 7.44. The molecule has 234 valence electrons. The second-order valence-corrected chi connectivity index (χ2v) is 10.4. The minimum absolute atomic E-state index is 0.0166. The maximum Gasteiger partial charge on any atom is 0.339 e. The number of esters is 3. The molecule has 1 aliphatic rings. The van der Waals surface area contributed by atoms with E-state index < -0.39 is 54.0 Å². The van der Waals surface area contributed by atoms with E-state index in [9.17, 15) is 19.2 Å². The summed E-state index contributed by atoms with van der Waals surface area (Å²) in [6.07, 6.45) is 1.45. The van der Waals surface area contributed by atoms with Crippen molar-refractivity contribution < 1.29 is 33.3 Å². The number of hydrogen-bond donors (Lipinski definition) is 1. The summed E-state index contributed by atoms with van der Waals surface area (Å²) >= 11 is 0. The second-order valence-electron chi connectivity index (χ2n) is 10.4. The van der Waals surface area contributed by atoms with Crippen molar-refractivity contribution in [1.82, 2.24) is 14.5 Å². The fraction of sp³-hybridized carbons (Fsp3) is 0.143. The number of pyridine rings is 1. The first-order valence-electron chi connectivity index (χ1n) is 14.4. The molecule has 1 fully saturated rings. The molecule has 0 bridgehead atoms. The second kappa shape index (κ2) is 13.4. The van der Waals surface area contributed by atoms with Crippen LogP contribution in [0.2, 0.25) is 0 Å². The lowest BCUT2D eigenvalue weighted by atomic mass is 10.0. The van der Waals surface area contributed by atoms with Gasteiger partial charge in [-0.2, -0.15) is 0 Å². The summed E-state index contributed by atoms with van der Waals surface area (Å²) in [6, 6.07) is 25.6. The van der Waals surface area contributed by atoms with Crippen LogP contribution >= 0.6 is 0 Å². The van der Waals surface area contributed by atoms with Gasteiger partial charge >= 0.3 is 17.9 Å². The lowest BCUT2D eigenvalue weighted by Crippen LogP contribution is -2.45. The first-order valence-corrected chi connectivity index (χ1v) is 14.4. The van der Waals surface area contributed by atoms with E-state index in [-0.39, 0.29) is 33.5 Å². The van der Waals surface area contributed by atoms with Gasteiger partial charge in [0.2, 0.25) is 0 Å². The number of anilines is 1. The Morgan fingerprint density at radius 3 is 1.87 bits per heavy atom. The molecule has 2 aromatic heterocycles. The highest BCUT2D eigenvalue weighted by atomic mass is 16.7. The fourth-order valence-corrected chi connectivity index (χ4v) is 5.21. The van der Waals surface area contributed by atoms with Gasteiger partial charge in [0.15, 0.2) is 35.6 Å². The van der Waals surface area contributed by atoms with Crippen molar-refractivity contribution in [2.24, 2.45) is 0 Å². The van der Waals surface area contributed by atoms with Crippen LogP contribution in [0.3, 0.4) is 0 Å². The van der Waals surface area contributed by atoms with Gasteiger partial charge in [-0.05, 0) is 36.4 Å². The van der Waals surface area contributed by atoms with E-state index >= 15 is 0 Å². The lowest BCUT2D eigenvalue weighted by molar-refractivity contribution is -0.0767. The molecule has 2 N–H and O–H groups in total. The van der Waals surface area contributed by atoms with Crippen LogP contribution in [0, 0.1) is 12.3 Å². The fourth-order valence-electron chi connectivity index (χ4n) is 5.21. The van der Waals surface area contributed by atoms with Crippen molar-refractivity contribution in [2.75, 3.05) is 5.73 Å². The van der Waals surface area contributed by atoms with Gasteiger partial charge in [0.05, 0.1) is 16.7 Å². The largest absolute Gasteiger partial charge is 0.452 e. The summed E-state index contributed by atoms with van der Waals surface area (Å²) in [7, 11) is 0. The molecule has 12 nitrogen and oxygen atoms in total. The molecule has 0 spiro atoms. The third kappa shape index (κ3) is 6.28. The number of hydrogen-bond acceptors (Lipinski definition) is 11. The van der Waals surface area contributed by atoms with E-state index in [1.165, 1.54) is 16.8 Å². The molecule has 0 aliphatic carbocycles. The Hall–Kier alpha value is -6.32. The quantitative estimate of drug-likeness (QED) is 0.152. The van der Waals surface area contributed by atoms with Gasteiger partial charge in [-0.15, -0.1) is 6.42 Å². The molecule has 1 saturated heterocycles. The first kappa shape index (κ1) is 30.7. The van der Waals surface area contributed by atoms with Crippen LogP contribution in [0.4, 0.5) is 5.82 Å². The third-order valence-electron chi connectivity index (χ3n) is 7.44. The van der Waals surface area contributed by atoms with Crippen LogP contribution < -0.4 is 11.2 Å². The number of terminal acetylenes is 1. The van der Waals surface area contributed by atoms with Crippen molar-refractivity contribution in [3.8, 4) is 12.3 Å². The molecule has 5 atom stereocenters. The molecule has 0 amide bonds. The Labute approximate surface area is 267 Å². The summed E-state index contributed by atoms with van der Waals surface area (Å²) < 4.78 is 25.5. The molecular formula is C35H26N4O8. The van der Waals surface area contributed by atoms with Crippen molar-refractivity contribution >= 4 is 34.8 Å². The van der Waals surface area contributed by atoms with Crippen molar-refractivity contribution in [1.29, 1.82) is 0 Å². The van der Waals surface area contributed by atoms with E-state index in [2.05, 4.69) is 15.9 Å². The van der Waals surface area contributed by atoms with Gasteiger partial charge in [-0.1, -0.05) is 60.5 Å². The molecule has 12 heteroatoms. The molecule has 0 unspecified atom stereocenters.